The van der Waals surface area contributed by atoms with E-state index in [-0.39, 0.29) is 23.4 Å². The highest BCUT2D eigenvalue weighted by atomic mass is 19.2. The van der Waals surface area contributed by atoms with E-state index < -0.39 is 28.6 Å². The minimum absolute atomic E-state index is 0.114. The van der Waals surface area contributed by atoms with Gasteiger partial charge >= 0.3 is 5.97 Å². The van der Waals surface area contributed by atoms with Gasteiger partial charge in [0.1, 0.15) is 5.60 Å². The first kappa shape index (κ1) is 26.3. The Kier molecular flexibility index (Phi) is 6.75. The zero-order valence-electron chi connectivity index (χ0n) is 21.6. The van der Waals surface area contributed by atoms with Crippen molar-refractivity contribution in [2.24, 2.45) is 0 Å². The number of rotatable bonds is 5. The van der Waals surface area contributed by atoms with Crippen LogP contribution in [0.2, 0.25) is 0 Å². The number of hydrogen-bond donors (Lipinski definition) is 2. The smallest absolute Gasteiger partial charge is 0.336 e. The highest BCUT2D eigenvalue weighted by molar-refractivity contribution is 5.98. The zero-order valence-corrected chi connectivity index (χ0v) is 21.6. The van der Waals surface area contributed by atoms with Gasteiger partial charge in [-0.05, 0) is 80.5 Å². The van der Waals surface area contributed by atoms with Crippen molar-refractivity contribution in [3.63, 3.8) is 0 Å². The molecule has 2 aromatic rings. The largest absolute Gasteiger partial charge is 0.478 e. The van der Waals surface area contributed by atoms with Crippen molar-refractivity contribution in [1.82, 2.24) is 10.2 Å². The molecule has 2 aromatic carbocycles. The number of carboxylic acid groups (broad SMARTS) is 1. The zero-order chi connectivity index (χ0) is 27.2. The average Bonchev–Trinajstić information content (AvgIpc) is 3.68. The minimum Gasteiger partial charge on any atom is -0.478 e. The molecule has 38 heavy (non-hydrogen) atoms. The molecule has 0 radical (unpaired) electrons. The maximum absolute atomic E-state index is 14.0. The summed E-state index contributed by atoms with van der Waals surface area (Å²) in [5, 5.41) is 12.6. The van der Waals surface area contributed by atoms with E-state index >= 15 is 0 Å². The standard InChI is InChI=1S/C29H32F2N2O5/c1-17-13-19(14-18(2)24(17)26(35)36)25(34)32-23-5-3-4-8-29(23)16-33(11-12-38-29)27(37)28(9-10-28)20-6-7-21(30)22(31)15-20/h6-7,13-15,23H,3-5,8-12,16H2,1-2H3,(H,32,34)(H,35,36)/t23-,29+/m0/s1. The van der Waals surface area contributed by atoms with Crippen LogP contribution in [0.1, 0.15) is 75.9 Å². The fraction of sp³-hybridized carbons (Fsp3) is 0.483. The molecule has 9 heteroatoms. The highest BCUT2D eigenvalue weighted by Crippen LogP contribution is 2.50. The first-order valence-corrected chi connectivity index (χ1v) is 13.1. The maximum atomic E-state index is 14.0. The van der Waals surface area contributed by atoms with Gasteiger partial charge in [0.05, 0.1) is 30.2 Å². The topological polar surface area (TPSA) is 95.9 Å². The molecule has 2 saturated carbocycles. The second-order valence-corrected chi connectivity index (χ2v) is 10.9. The predicted octanol–water partition coefficient (Wildman–Crippen LogP) is 4.28. The van der Waals surface area contributed by atoms with Gasteiger partial charge in [-0.15, -0.1) is 0 Å². The molecule has 3 aliphatic rings. The molecule has 2 N–H and O–H groups in total. The molecule has 0 aromatic heterocycles. The van der Waals surface area contributed by atoms with Gasteiger partial charge in [0.2, 0.25) is 5.91 Å². The Balaban J connectivity index is 1.36. The SMILES string of the molecule is Cc1cc(C(=O)N[C@H]2CCCC[C@@]23CN(C(=O)C2(c4ccc(F)c(F)c4)CC2)CCO3)cc(C)c1C(=O)O. The Morgan fingerprint density at radius 1 is 1.03 bits per heavy atom. The van der Waals surface area contributed by atoms with Crippen molar-refractivity contribution in [3.8, 4) is 0 Å². The Morgan fingerprint density at radius 3 is 2.37 bits per heavy atom. The number of carbonyl (C=O) groups excluding carboxylic acids is 2. The van der Waals surface area contributed by atoms with E-state index in [1.807, 2.05) is 0 Å². The first-order chi connectivity index (χ1) is 18.1. The molecule has 1 aliphatic heterocycles. The van der Waals surface area contributed by atoms with E-state index in [0.29, 0.717) is 67.6 Å². The van der Waals surface area contributed by atoms with Crippen LogP contribution in [-0.4, -0.2) is 59.1 Å². The van der Waals surface area contributed by atoms with E-state index in [9.17, 15) is 28.3 Å². The number of nitrogens with one attached hydrogen (secondary N) is 1. The van der Waals surface area contributed by atoms with Crippen molar-refractivity contribution in [2.45, 2.75) is 69.4 Å². The third-order valence-electron chi connectivity index (χ3n) is 8.42. The van der Waals surface area contributed by atoms with Gasteiger partial charge in [0, 0.05) is 12.1 Å². The van der Waals surface area contributed by atoms with Crippen LogP contribution in [0.5, 0.6) is 0 Å². The number of carboxylic acids is 1. The molecular formula is C29H32F2N2O5. The van der Waals surface area contributed by atoms with Gasteiger partial charge in [-0.25, -0.2) is 13.6 Å². The molecule has 1 saturated heterocycles. The lowest BCUT2D eigenvalue weighted by Crippen LogP contribution is -2.65. The molecule has 0 unspecified atom stereocenters. The molecule has 2 atom stereocenters. The summed E-state index contributed by atoms with van der Waals surface area (Å²) in [4.78, 5) is 40.3. The van der Waals surface area contributed by atoms with Crippen molar-refractivity contribution in [3.05, 3.63) is 69.8 Å². The quantitative estimate of drug-likeness (QED) is 0.606. The number of aromatic carboxylic acids is 1. The van der Waals surface area contributed by atoms with E-state index in [0.717, 1.165) is 25.0 Å². The lowest BCUT2D eigenvalue weighted by Gasteiger charge is -2.50. The molecule has 5 rings (SSSR count). The molecule has 1 heterocycles. The highest BCUT2D eigenvalue weighted by Gasteiger charge is 2.56. The number of carbonyl (C=O) groups is 3. The molecule has 202 valence electrons. The Morgan fingerprint density at radius 2 is 1.74 bits per heavy atom. The molecule has 0 bridgehead atoms. The van der Waals surface area contributed by atoms with Crippen LogP contribution >= 0.6 is 0 Å². The summed E-state index contributed by atoms with van der Waals surface area (Å²) >= 11 is 0. The van der Waals surface area contributed by atoms with Gasteiger partial charge in [-0.2, -0.15) is 0 Å². The number of ether oxygens (including phenoxy) is 1. The summed E-state index contributed by atoms with van der Waals surface area (Å²) in [6, 6.07) is 6.51. The molecule has 3 fully saturated rings. The molecule has 7 nitrogen and oxygen atoms in total. The minimum atomic E-state index is -1.03. The summed E-state index contributed by atoms with van der Waals surface area (Å²) in [5.74, 6) is -3.36. The molecular weight excluding hydrogens is 494 g/mol. The summed E-state index contributed by atoms with van der Waals surface area (Å²) in [6.45, 7) is 4.35. The van der Waals surface area contributed by atoms with Crippen molar-refractivity contribution >= 4 is 17.8 Å². The van der Waals surface area contributed by atoms with Gasteiger partial charge in [0.15, 0.2) is 11.6 Å². The number of hydrogen-bond acceptors (Lipinski definition) is 4. The predicted molar refractivity (Wildman–Crippen MR) is 135 cm³/mol. The fourth-order valence-corrected chi connectivity index (χ4v) is 6.28. The van der Waals surface area contributed by atoms with Crippen LogP contribution < -0.4 is 5.32 Å². The Bertz CT molecular complexity index is 1280. The van der Waals surface area contributed by atoms with E-state index in [4.69, 9.17) is 4.74 Å². The molecule has 1 spiro atoms. The molecule has 2 amide bonds. The first-order valence-electron chi connectivity index (χ1n) is 13.1. The average molecular weight is 527 g/mol. The Labute approximate surface area is 220 Å². The third-order valence-corrected chi connectivity index (χ3v) is 8.42. The van der Waals surface area contributed by atoms with Crippen molar-refractivity contribution in [2.75, 3.05) is 19.7 Å². The maximum Gasteiger partial charge on any atom is 0.336 e. The van der Waals surface area contributed by atoms with Crippen LogP contribution in [0, 0.1) is 25.5 Å². The lowest BCUT2D eigenvalue weighted by molar-refractivity contribution is -0.164. The van der Waals surface area contributed by atoms with E-state index in [1.165, 1.54) is 6.07 Å². The third kappa shape index (κ3) is 4.57. The second kappa shape index (κ2) is 9.76. The van der Waals surface area contributed by atoms with Crippen LogP contribution in [-0.2, 0) is 14.9 Å². The summed E-state index contributed by atoms with van der Waals surface area (Å²) in [7, 11) is 0. The number of halogens is 2. The number of nitrogens with zero attached hydrogens (tertiary/aromatic N) is 1. The van der Waals surface area contributed by atoms with E-state index in [2.05, 4.69) is 5.32 Å². The van der Waals surface area contributed by atoms with Gasteiger partial charge in [-0.1, -0.05) is 18.9 Å². The van der Waals surface area contributed by atoms with Crippen LogP contribution in [0.15, 0.2) is 30.3 Å². The molecule has 2 aliphatic carbocycles. The Hall–Kier alpha value is -3.33. The van der Waals surface area contributed by atoms with Crippen LogP contribution in [0.25, 0.3) is 0 Å². The summed E-state index contributed by atoms with van der Waals surface area (Å²) < 4.78 is 33.8. The van der Waals surface area contributed by atoms with Gasteiger partial charge < -0.3 is 20.1 Å². The number of morpholine rings is 1. The van der Waals surface area contributed by atoms with Crippen LogP contribution in [0.4, 0.5) is 8.78 Å². The normalized spacial score (nSPS) is 24.2. The van der Waals surface area contributed by atoms with Gasteiger partial charge in [0.25, 0.3) is 5.91 Å². The van der Waals surface area contributed by atoms with Crippen molar-refractivity contribution < 1.29 is 33.0 Å². The fourth-order valence-electron chi connectivity index (χ4n) is 6.28. The van der Waals surface area contributed by atoms with Crippen LogP contribution in [0.3, 0.4) is 0 Å². The monoisotopic (exact) mass is 526 g/mol. The summed E-state index contributed by atoms with van der Waals surface area (Å²) in [5.41, 5.74) is 0.488. The second-order valence-electron chi connectivity index (χ2n) is 10.9. The lowest BCUT2D eigenvalue weighted by atomic mass is 9.78. The van der Waals surface area contributed by atoms with E-state index in [1.54, 1.807) is 30.9 Å². The summed E-state index contributed by atoms with van der Waals surface area (Å²) in [6.07, 6.45) is 4.31. The van der Waals surface area contributed by atoms with Crippen molar-refractivity contribution in [1.29, 1.82) is 0 Å². The number of amides is 2. The number of aryl methyl sites for hydroxylation is 2. The number of benzene rings is 2. The van der Waals surface area contributed by atoms with Gasteiger partial charge in [-0.3, -0.25) is 9.59 Å².